The minimum atomic E-state index is -0.127. The molecule has 0 fully saturated rings. The van der Waals surface area contributed by atoms with Gasteiger partial charge in [0.05, 0.1) is 0 Å². The zero-order valence-corrected chi connectivity index (χ0v) is 3.88. The molecule has 0 aliphatic heterocycles. The molecular formula is C4H5NO2. The lowest BCUT2D eigenvalue weighted by Gasteiger charge is -1.72. The van der Waals surface area contributed by atoms with Crippen LogP contribution < -0.4 is 0 Å². The van der Waals surface area contributed by atoms with E-state index in [4.69, 9.17) is 5.11 Å². The molecule has 0 atom stereocenters. The van der Waals surface area contributed by atoms with Gasteiger partial charge in [0.15, 0.2) is 5.89 Å². The van der Waals surface area contributed by atoms with E-state index in [0.717, 1.165) is 0 Å². The van der Waals surface area contributed by atoms with Crippen molar-refractivity contribution >= 4 is 0 Å². The topological polar surface area (TPSA) is 46.3 Å². The predicted octanol–water partition coefficient (Wildman–Crippen LogP) is 0.689. The number of aromatic nitrogens is 1. The molecule has 1 rings (SSSR count). The molecule has 3 nitrogen and oxygen atoms in total. The van der Waals surface area contributed by atoms with E-state index in [0.29, 0.717) is 5.89 Å². The molecule has 1 heterocycles. The summed E-state index contributed by atoms with van der Waals surface area (Å²) in [5, 5.41) is 8.42. The van der Waals surface area contributed by atoms with Crippen LogP contribution in [0.5, 0.6) is 5.95 Å². The summed E-state index contributed by atoms with van der Waals surface area (Å²) in [7, 11) is 0. The average Bonchev–Trinajstić information content (AvgIpc) is 1.87. The molecular weight excluding hydrogens is 94.0 g/mol. The molecule has 0 saturated carbocycles. The van der Waals surface area contributed by atoms with E-state index in [2.05, 4.69) is 9.40 Å². The Hall–Kier alpha value is -0.990. The lowest BCUT2D eigenvalue weighted by molar-refractivity contribution is 0.323. The second-order valence-corrected chi connectivity index (χ2v) is 1.22. The Morgan fingerprint density at radius 1 is 1.86 bits per heavy atom. The van der Waals surface area contributed by atoms with Crippen LogP contribution in [-0.2, 0) is 0 Å². The standard InChI is InChI=1S/C4H5NO2/c1-3-5-2-4(6)7-3/h2,6H,1H3. The molecule has 0 radical (unpaired) electrons. The van der Waals surface area contributed by atoms with Gasteiger partial charge in [-0.2, -0.15) is 0 Å². The van der Waals surface area contributed by atoms with Crippen molar-refractivity contribution in [3.05, 3.63) is 12.1 Å². The summed E-state index contributed by atoms with van der Waals surface area (Å²) in [6, 6.07) is 0. The van der Waals surface area contributed by atoms with Crippen molar-refractivity contribution < 1.29 is 9.52 Å². The van der Waals surface area contributed by atoms with Gasteiger partial charge in [-0.15, -0.1) is 0 Å². The largest absolute Gasteiger partial charge is 0.480 e. The van der Waals surface area contributed by atoms with Gasteiger partial charge in [0.2, 0.25) is 0 Å². The van der Waals surface area contributed by atoms with Crippen molar-refractivity contribution in [3.63, 3.8) is 0 Å². The number of hydrogen-bond acceptors (Lipinski definition) is 3. The number of aryl methyl sites for hydroxylation is 1. The molecule has 0 unspecified atom stereocenters. The zero-order valence-electron chi connectivity index (χ0n) is 3.88. The van der Waals surface area contributed by atoms with Crippen LogP contribution in [0.25, 0.3) is 0 Å². The Morgan fingerprint density at radius 2 is 2.57 bits per heavy atom. The van der Waals surface area contributed by atoms with E-state index in [-0.39, 0.29) is 5.95 Å². The first-order chi connectivity index (χ1) is 3.29. The van der Waals surface area contributed by atoms with Crippen LogP contribution in [0.3, 0.4) is 0 Å². The van der Waals surface area contributed by atoms with E-state index >= 15 is 0 Å². The Morgan fingerprint density at radius 3 is 2.71 bits per heavy atom. The fourth-order valence-corrected chi connectivity index (χ4v) is 0.350. The SMILES string of the molecule is Cc1ncc(O)o1. The summed E-state index contributed by atoms with van der Waals surface area (Å²) < 4.78 is 4.53. The molecule has 3 heteroatoms. The van der Waals surface area contributed by atoms with Gasteiger partial charge in [-0.05, 0) is 0 Å². The van der Waals surface area contributed by atoms with Crippen LogP contribution in [0.15, 0.2) is 10.6 Å². The zero-order chi connectivity index (χ0) is 5.28. The molecule has 0 bridgehead atoms. The molecule has 1 aromatic rings. The third-order valence-corrected chi connectivity index (χ3v) is 0.609. The van der Waals surface area contributed by atoms with Gasteiger partial charge in [0.25, 0.3) is 0 Å². The van der Waals surface area contributed by atoms with Gasteiger partial charge in [0, 0.05) is 6.92 Å². The maximum Gasteiger partial charge on any atom is 0.302 e. The molecule has 0 spiro atoms. The maximum atomic E-state index is 8.42. The van der Waals surface area contributed by atoms with Gasteiger partial charge in [0.1, 0.15) is 6.20 Å². The van der Waals surface area contributed by atoms with Gasteiger partial charge < -0.3 is 9.52 Å². The number of hydrogen-bond donors (Lipinski definition) is 1. The summed E-state index contributed by atoms with van der Waals surface area (Å²) in [5.41, 5.74) is 0. The number of oxazole rings is 1. The van der Waals surface area contributed by atoms with Crippen LogP contribution >= 0.6 is 0 Å². The highest BCUT2D eigenvalue weighted by molar-refractivity contribution is 4.94. The first-order valence-corrected chi connectivity index (χ1v) is 1.90. The average molecular weight is 99.1 g/mol. The van der Waals surface area contributed by atoms with E-state index in [1.807, 2.05) is 0 Å². The van der Waals surface area contributed by atoms with Gasteiger partial charge >= 0.3 is 5.95 Å². The van der Waals surface area contributed by atoms with Crippen LogP contribution in [-0.4, -0.2) is 10.1 Å². The Bertz CT molecular complexity index is 142. The fraction of sp³-hybridized carbons (Fsp3) is 0.250. The molecule has 0 aliphatic rings. The third-order valence-electron chi connectivity index (χ3n) is 0.609. The first kappa shape index (κ1) is 4.18. The van der Waals surface area contributed by atoms with Gasteiger partial charge in [-0.1, -0.05) is 0 Å². The minimum absolute atomic E-state index is 0.127. The van der Waals surface area contributed by atoms with Gasteiger partial charge in [-0.3, -0.25) is 0 Å². The normalized spacial score (nSPS) is 9.29. The Labute approximate surface area is 40.6 Å². The highest BCUT2D eigenvalue weighted by atomic mass is 16.5. The van der Waals surface area contributed by atoms with E-state index < -0.39 is 0 Å². The lowest BCUT2D eigenvalue weighted by atomic mass is 10.8. The summed E-state index contributed by atoms with van der Waals surface area (Å²) >= 11 is 0. The smallest absolute Gasteiger partial charge is 0.302 e. The number of rotatable bonds is 0. The monoisotopic (exact) mass is 99.0 g/mol. The number of aromatic hydroxyl groups is 1. The minimum Gasteiger partial charge on any atom is -0.480 e. The molecule has 1 aromatic heterocycles. The maximum absolute atomic E-state index is 8.42. The van der Waals surface area contributed by atoms with Crippen molar-refractivity contribution in [3.8, 4) is 5.95 Å². The summed E-state index contributed by atoms with van der Waals surface area (Å²) in [6.07, 6.45) is 1.26. The fourth-order valence-electron chi connectivity index (χ4n) is 0.350. The molecule has 0 saturated heterocycles. The van der Waals surface area contributed by atoms with Crippen molar-refractivity contribution in [2.24, 2.45) is 0 Å². The van der Waals surface area contributed by atoms with Crippen LogP contribution in [0.4, 0.5) is 0 Å². The Kier molecular flexibility index (Phi) is 0.749. The second kappa shape index (κ2) is 1.26. The summed E-state index contributed by atoms with van der Waals surface area (Å²) in [6.45, 7) is 1.67. The van der Waals surface area contributed by atoms with E-state index in [1.165, 1.54) is 6.20 Å². The third kappa shape index (κ3) is 0.707. The molecule has 1 N–H and O–H groups in total. The quantitative estimate of drug-likeness (QED) is 0.520. The van der Waals surface area contributed by atoms with E-state index in [9.17, 15) is 0 Å². The first-order valence-electron chi connectivity index (χ1n) is 1.90. The van der Waals surface area contributed by atoms with Gasteiger partial charge in [-0.25, -0.2) is 4.98 Å². The Balaban J connectivity index is 3.04. The van der Waals surface area contributed by atoms with Crippen LogP contribution in [0.2, 0.25) is 0 Å². The van der Waals surface area contributed by atoms with Crippen molar-refractivity contribution in [2.45, 2.75) is 6.92 Å². The summed E-state index contributed by atoms with van der Waals surface area (Å²) in [5.74, 6) is 0.356. The molecule has 0 aliphatic carbocycles. The molecule has 38 valence electrons. The van der Waals surface area contributed by atoms with Crippen LogP contribution in [0.1, 0.15) is 5.89 Å². The number of nitrogens with zero attached hydrogens (tertiary/aromatic N) is 1. The van der Waals surface area contributed by atoms with E-state index in [1.54, 1.807) is 6.92 Å². The van der Waals surface area contributed by atoms with Crippen LogP contribution in [0, 0.1) is 6.92 Å². The van der Waals surface area contributed by atoms with Crippen molar-refractivity contribution in [2.75, 3.05) is 0 Å². The molecule has 0 amide bonds. The lowest BCUT2D eigenvalue weighted by Crippen LogP contribution is -1.59. The molecule has 7 heavy (non-hydrogen) atoms. The molecule has 0 aromatic carbocycles. The second-order valence-electron chi connectivity index (χ2n) is 1.22. The van der Waals surface area contributed by atoms with Crippen molar-refractivity contribution in [1.29, 1.82) is 0 Å². The highest BCUT2D eigenvalue weighted by Gasteiger charge is 1.90. The highest BCUT2D eigenvalue weighted by Crippen LogP contribution is 2.06. The van der Waals surface area contributed by atoms with Crippen molar-refractivity contribution in [1.82, 2.24) is 4.98 Å². The summed E-state index contributed by atoms with van der Waals surface area (Å²) in [4.78, 5) is 3.60. The predicted molar refractivity (Wildman–Crippen MR) is 22.9 cm³/mol.